The van der Waals surface area contributed by atoms with E-state index in [1.165, 1.54) is 0 Å². The molecule has 0 saturated heterocycles. The number of hydrogen-bond donors (Lipinski definition) is 0. The molecule has 0 unspecified atom stereocenters. The molecular weight excluding hydrogens is 609 g/mol. The van der Waals surface area contributed by atoms with Crippen molar-refractivity contribution >= 4 is 18.4 Å². The molecule has 0 aliphatic carbocycles. The molecule has 0 aromatic carbocycles. The summed E-state index contributed by atoms with van der Waals surface area (Å²) in [5, 5.41) is 0. The van der Waals surface area contributed by atoms with Crippen molar-refractivity contribution in [2.75, 3.05) is 0 Å². The first-order valence-corrected chi connectivity index (χ1v) is 10.4. The van der Waals surface area contributed by atoms with Gasteiger partial charge in [-0.25, -0.2) is 0 Å². The van der Waals surface area contributed by atoms with E-state index in [0.717, 1.165) is 25.7 Å². The number of halogens is 2. The van der Waals surface area contributed by atoms with E-state index >= 15 is 0 Å². The quantitative estimate of drug-likeness (QED) is 0.216. The topological polar surface area (TPSA) is 0 Å². The van der Waals surface area contributed by atoms with Crippen LogP contribution in [-0.2, 0) is 40.0 Å². The third kappa shape index (κ3) is 858. The van der Waals surface area contributed by atoms with Crippen LogP contribution in [0.1, 0.15) is 53.4 Å². The van der Waals surface area contributed by atoms with Crippen LogP contribution in [0.3, 0.4) is 0 Å². The van der Waals surface area contributed by atoms with Crippen molar-refractivity contribution in [1.82, 2.24) is 0 Å². The summed E-state index contributed by atoms with van der Waals surface area (Å²) in [5.41, 5.74) is 0. The first kappa shape index (κ1) is 36.1. The summed E-state index contributed by atoms with van der Waals surface area (Å²) in [6.45, 7) is 22.0. The van der Waals surface area contributed by atoms with E-state index in [9.17, 15) is 0 Å². The van der Waals surface area contributed by atoms with Gasteiger partial charge in [0.05, 0.1) is 0 Å². The van der Waals surface area contributed by atoms with Crippen molar-refractivity contribution in [2.24, 2.45) is 0 Å². The first-order chi connectivity index (χ1) is 7.66. The number of rotatable bonds is 0. The van der Waals surface area contributed by atoms with Crippen molar-refractivity contribution in [3.05, 3.63) is 27.7 Å². The minimum atomic E-state index is 1.00. The molecule has 0 radical (unpaired) electrons. The molecule has 0 nitrogen and oxygen atoms in total. The van der Waals surface area contributed by atoms with Gasteiger partial charge in [-0.05, 0) is 0 Å². The standard InChI is InChI=1S/4C3H7.2Au.2ClH/c4*1-3-2;;;;/h4*1,3H2,2H3;;;2*1H/q4*-1;2*+1;;/p-2. The van der Waals surface area contributed by atoms with Crippen LogP contribution in [-0.4, -0.2) is 0 Å². The summed E-state index contributed by atoms with van der Waals surface area (Å²) in [4.78, 5) is 0. The predicted octanol–water partition coefficient (Wildman–Crippen LogP) is 6.30. The summed E-state index contributed by atoms with van der Waals surface area (Å²) in [6.07, 6.45) is 4.00. The second-order valence-electron chi connectivity index (χ2n) is 2.00. The molecule has 16 heavy (non-hydrogen) atoms. The monoisotopic (exact) mass is 636 g/mol. The fourth-order valence-corrected chi connectivity index (χ4v) is 0. The van der Waals surface area contributed by atoms with Gasteiger partial charge in [-0.15, -0.1) is 0 Å². The second-order valence-corrected chi connectivity index (χ2v) is 2.00. The molecule has 4 heteroatoms. The Morgan fingerprint density at radius 2 is 0.562 bits per heavy atom. The minimum absolute atomic E-state index is 1.00. The molecule has 0 fully saturated rings. The Kier molecular flexibility index (Phi) is 271. The van der Waals surface area contributed by atoms with Crippen LogP contribution in [0.15, 0.2) is 0 Å². The van der Waals surface area contributed by atoms with Gasteiger partial charge in [0.1, 0.15) is 0 Å². The molecule has 0 atom stereocenters. The summed E-state index contributed by atoms with van der Waals surface area (Å²) < 4.78 is 0. The Hall–Kier alpha value is 2.06. The maximum atomic E-state index is 4.58. The predicted molar refractivity (Wildman–Crippen MR) is 74.3 cm³/mol. The summed E-state index contributed by atoms with van der Waals surface area (Å²) in [7, 11) is 9.17. The zero-order valence-corrected chi connectivity index (χ0v) is 16.9. The van der Waals surface area contributed by atoms with Crippen molar-refractivity contribution in [1.29, 1.82) is 0 Å². The normalized spacial score (nSPS) is 5.38. The Balaban J connectivity index is -0.0000000190. The van der Waals surface area contributed by atoms with Crippen LogP contribution in [0.2, 0.25) is 0 Å². The molecule has 0 spiro atoms. The van der Waals surface area contributed by atoms with Gasteiger partial charge in [-0.2, -0.15) is 25.7 Å². The van der Waals surface area contributed by atoms with Gasteiger partial charge in [-0.1, -0.05) is 27.7 Å². The van der Waals surface area contributed by atoms with Crippen LogP contribution in [0.5, 0.6) is 0 Å². The van der Waals surface area contributed by atoms with Crippen LogP contribution >= 0.6 is 18.4 Å². The van der Waals surface area contributed by atoms with Gasteiger partial charge in [0.2, 0.25) is 0 Å². The molecule has 0 aliphatic rings. The third-order valence-electron chi connectivity index (χ3n) is 0. The maximum absolute atomic E-state index is 4.58. The van der Waals surface area contributed by atoms with Crippen molar-refractivity contribution < 1.29 is 40.0 Å². The molecule has 0 heterocycles. The average Bonchev–Trinajstić information content (AvgIpc) is 2.27. The van der Waals surface area contributed by atoms with Crippen molar-refractivity contribution in [2.45, 2.75) is 53.4 Å². The molecule has 0 bridgehead atoms. The molecule has 116 valence electrons. The van der Waals surface area contributed by atoms with Crippen LogP contribution < -0.4 is 0 Å². The average molecular weight is 637 g/mol. The van der Waals surface area contributed by atoms with Gasteiger partial charge in [0.15, 0.2) is 0 Å². The molecule has 0 aliphatic heterocycles. The Morgan fingerprint density at radius 3 is 0.562 bits per heavy atom. The molecule has 0 aromatic rings. The molecule has 0 aromatic heterocycles. The summed E-state index contributed by atoms with van der Waals surface area (Å²) in [6, 6.07) is 0. The Labute approximate surface area is 138 Å². The fraction of sp³-hybridized carbons (Fsp3) is 0.667. The molecule has 0 amide bonds. The molecular formula is C12H28Au2Cl2-4. The van der Waals surface area contributed by atoms with Gasteiger partial charge >= 0.3 is 58.4 Å². The van der Waals surface area contributed by atoms with Gasteiger partial charge in [-0.3, -0.25) is 0 Å². The zero-order valence-electron chi connectivity index (χ0n) is 11.0. The van der Waals surface area contributed by atoms with Crippen LogP contribution in [0.25, 0.3) is 0 Å². The van der Waals surface area contributed by atoms with E-state index in [1.807, 2.05) is 27.7 Å². The van der Waals surface area contributed by atoms with Gasteiger partial charge in [0, 0.05) is 0 Å². The third-order valence-corrected chi connectivity index (χ3v) is 0. The van der Waals surface area contributed by atoms with E-state index in [4.69, 9.17) is 0 Å². The molecule has 0 saturated carbocycles. The van der Waals surface area contributed by atoms with E-state index in [0.29, 0.717) is 0 Å². The summed E-state index contributed by atoms with van der Waals surface area (Å²) in [5.74, 6) is 0. The van der Waals surface area contributed by atoms with Gasteiger partial charge < -0.3 is 27.7 Å². The molecule has 0 N–H and O–H groups in total. The van der Waals surface area contributed by atoms with Crippen LogP contribution in [0.4, 0.5) is 0 Å². The molecule has 0 rings (SSSR count). The van der Waals surface area contributed by atoms with Crippen molar-refractivity contribution in [3.8, 4) is 0 Å². The van der Waals surface area contributed by atoms with E-state index in [1.54, 1.807) is 40.0 Å². The Bertz CT molecular complexity index is 25.0. The Morgan fingerprint density at radius 1 is 0.562 bits per heavy atom. The second kappa shape index (κ2) is 120. The van der Waals surface area contributed by atoms with E-state index in [-0.39, 0.29) is 0 Å². The van der Waals surface area contributed by atoms with E-state index < -0.39 is 0 Å². The van der Waals surface area contributed by atoms with Gasteiger partial charge in [0.25, 0.3) is 0 Å². The first-order valence-electron chi connectivity index (χ1n) is 5.06. The SMILES string of the molecule is [CH2-]CC.[CH2-]CC.[CH2-]CC.[CH2-]CC.[Cl][Au].[Cl][Au]. The van der Waals surface area contributed by atoms with E-state index in [2.05, 4.69) is 46.1 Å². The summed E-state index contributed by atoms with van der Waals surface area (Å²) >= 11 is 3.50. The fourth-order valence-electron chi connectivity index (χ4n) is 0. The zero-order chi connectivity index (χ0) is 14.8. The number of hydrogen-bond acceptors (Lipinski definition) is 0. The van der Waals surface area contributed by atoms with Crippen LogP contribution in [0, 0.1) is 27.7 Å². The van der Waals surface area contributed by atoms with Crippen molar-refractivity contribution in [3.63, 3.8) is 0 Å².